The van der Waals surface area contributed by atoms with Crippen LogP contribution in [-0.2, 0) is 6.18 Å². The van der Waals surface area contributed by atoms with Gasteiger partial charge in [-0.25, -0.2) is 0 Å². The first-order valence-corrected chi connectivity index (χ1v) is 11.1. The lowest BCUT2D eigenvalue weighted by Crippen LogP contribution is -2.29. The Morgan fingerprint density at radius 3 is 2.47 bits per heavy atom. The zero-order chi connectivity index (χ0) is 25.6. The van der Waals surface area contributed by atoms with Gasteiger partial charge in [0.15, 0.2) is 16.9 Å². The van der Waals surface area contributed by atoms with Gasteiger partial charge in [-0.15, -0.1) is 0 Å². The van der Waals surface area contributed by atoms with Gasteiger partial charge in [0, 0.05) is 5.69 Å². The minimum atomic E-state index is -4.62. The maximum absolute atomic E-state index is 13.6. The Balaban J connectivity index is 1.78. The Hall–Kier alpha value is -4.27. The van der Waals surface area contributed by atoms with Gasteiger partial charge < -0.3 is 13.9 Å². The third-order valence-electron chi connectivity index (χ3n) is 6.03. The molecule has 4 aromatic rings. The van der Waals surface area contributed by atoms with Crippen molar-refractivity contribution in [1.29, 1.82) is 0 Å². The summed E-state index contributed by atoms with van der Waals surface area (Å²) in [5, 5.41) is 0.262. The minimum absolute atomic E-state index is 0.0254. The smallest absolute Gasteiger partial charge is 0.416 e. The second-order valence-electron chi connectivity index (χ2n) is 8.14. The highest BCUT2D eigenvalue weighted by molar-refractivity contribution is 6.10. The molecule has 36 heavy (non-hydrogen) atoms. The van der Waals surface area contributed by atoms with Crippen LogP contribution in [0.2, 0.25) is 0 Å². The molecule has 0 saturated carbocycles. The molecule has 6 nitrogen and oxygen atoms in total. The van der Waals surface area contributed by atoms with Crippen LogP contribution in [0.25, 0.3) is 11.0 Å². The van der Waals surface area contributed by atoms with Gasteiger partial charge in [0.1, 0.15) is 5.58 Å². The number of para-hydroxylation sites is 1. The van der Waals surface area contributed by atoms with Gasteiger partial charge in [0.25, 0.3) is 5.91 Å². The van der Waals surface area contributed by atoms with Crippen LogP contribution in [0.5, 0.6) is 11.5 Å². The summed E-state index contributed by atoms with van der Waals surface area (Å²) in [4.78, 5) is 28.4. The molecule has 0 radical (unpaired) electrons. The number of methoxy groups -OCH3 is 1. The fourth-order valence-corrected chi connectivity index (χ4v) is 4.46. The molecule has 184 valence electrons. The van der Waals surface area contributed by atoms with Crippen LogP contribution in [0.1, 0.15) is 40.2 Å². The van der Waals surface area contributed by atoms with Crippen LogP contribution < -0.4 is 19.8 Å². The highest BCUT2D eigenvalue weighted by Crippen LogP contribution is 2.44. The maximum atomic E-state index is 13.6. The summed E-state index contributed by atoms with van der Waals surface area (Å²) in [5.74, 6) is -0.132. The Morgan fingerprint density at radius 1 is 0.972 bits per heavy atom. The maximum Gasteiger partial charge on any atom is 0.416 e. The fraction of sp³-hybridized carbons (Fsp3) is 0.185. The van der Waals surface area contributed by atoms with Crippen molar-refractivity contribution in [2.45, 2.75) is 19.1 Å². The Bertz CT molecular complexity index is 1540. The third-order valence-corrected chi connectivity index (χ3v) is 6.03. The van der Waals surface area contributed by atoms with E-state index in [1.807, 2.05) is 6.92 Å². The first-order valence-electron chi connectivity index (χ1n) is 11.1. The topological polar surface area (TPSA) is 69.0 Å². The number of benzene rings is 3. The van der Waals surface area contributed by atoms with Gasteiger partial charge in [-0.1, -0.05) is 24.3 Å². The number of amides is 1. The summed E-state index contributed by atoms with van der Waals surface area (Å²) < 4.78 is 57.4. The monoisotopic (exact) mass is 495 g/mol. The number of nitrogens with zero attached hydrogens (tertiary/aromatic N) is 1. The lowest BCUT2D eigenvalue weighted by molar-refractivity contribution is -0.137. The number of halogens is 3. The number of hydrogen-bond donors (Lipinski definition) is 0. The van der Waals surface area contributed by atoms with Crippen molar-refractivity contribution in [3.63, 3.8) is 0 Å². The number of fused-ring (bicyclic) bond motifs is 2. The molecular formula is C27H20F3NO5. The van der Waals surface area contributed by atoms with Crippen LogP contribution in [-0.4, -0.2) is 19.6 Å². The third kappa shape index (κ3) is 3.77. The van der Waals surface area contributed by atoms with Crippen molar-refractivity contribution >= 4 is 22.6 Å². The quantitative estimate of drug-likeness (QED) is 0.341. The number of carbonyl (C=O) groups excluding carboxylic acids is 1. The molecule has 0 fully saturated rings. The van der Waals surface area contributed by atoms with Crippen LogP contribution in [0, 0.1) is 0 Å². The lowest BCUT2D eigenvalue weighted by Gasteiger charge is -2.26. The zero-order valence-corrected chi connectivity index (χ0v) is 19.3. The highest BCUT2D eigenvalue weighted by atomic mass is 19.4. The molecular weight excluding hydrogens is 475 g/mol. The number of ether oxygens (including phenoxy) is 2. The second-order valence-corrected chi connectivity index (χ2v) is 8.14. The molecule has 0 bridgehead atoms. The number of carbonyl (C=O) groups is 1. The van der Waals surface area contributed by atoms with Gasteiger partial charge in [0.2, 0.25) is 5.76 Å². The number of anilines is 1. The SMILES string of the molecule is CCOc1ccc([C@H]2c3c(oc4ccccc4c3=O)C(=O)N2c2cccc(C(F)(F)F)c2)cc1OC. The standard InChI is InChI=1S/C27H20F3NO5/c1-3-35-20-12-11-15(13-21(20)34-2)23-22-24(32)18-9-4-5-10-19(18)36-25(22)26(33)31(23)17-8-6-7-16(14-17)27(28,29)30/h4-14,23H,3H2,1-2H3/t23-/m0/s1. The molecule has 9 heteroatoms. The van der Waals surface area contributed by atoms with E-state index in [4.69, 9.17) is 13.9 Å². The Kier molecular flexibility index (Phi) is 5.70. The molecule has 1 atom stereocenters. The summed E-state index contributed by atoms with van der Waals surface area (Å²) in [6.07, 6.45) is -4.62. The van der Waals surface area contributed by atoms with Gasteiger partial charge in [-0.05, 0) is 55.0 Å². The molecule has 0 saturated heterocycles. The lowest BCUT2D eigenvalue weighted by atomic mass is 9.97. The van der Waals surface area contributed by atoms with Crippen LogP contribution in [0.4, 0.5) is 18.9 Å². The molecule has 1 aromatic heterocycles. The predicted octanol–water partition coefficient (Wildman–Crippen LogP) is 5.97. The summed E-state index contributed by atoms with van der Waals surface area (Å²) in [6, 6.07) is 14.7. The summed E-state index contributed by atoms with van der Waals surface area (Å²) in [5.41, 5.74) is -0.681. The van der Waals surface area contributed by atoms with Crippen LogP contribution in [0.3, 0.4) is 0 Å². The van der Waals surface area contributed by atoms with Crippen molar-refractivity contribution in [3.05, 3.63) is 99.4 Å². The Morgan fingerprint density at radius 2 is 1.75 bits per heavy atom. The zero-order valence-electron chi connectivity index (χ0n) is 19.3. The van der Waals surface area contributed by atoms with Crippen molar-refractivity contribution in [1.82, 2.24) is 0 Å². The highest BCUT2D eigenvalue weighted by Gasteiger charge is 2.44. The van der Waals surface area contributed by atoms with E-state index >= 15 is 0 Å². The molecule has 0 spiro atoms. The van der Waals surface area contributed by atoms with E-state index in [-0.39, 0.29) is 28.0 Å². The number of hydrogen-bond acceptors (Lipinski definition) is 5. The van der Waals surface area contributed by atoms with Crippen molar-refractivity contribution < 1.29 is 31.9 Å². The van der Waals surface area contributed by atoms with Crippen molar-refractivity contribution in [2.24, 2.45) is 0 Å². The average Bonchev–Trinajstić information content (AvgIpc) is 3.16. The molecule has 1 amide bonds. The van der Waals surface area contributed by atoms with E-state index in [2.05, 4.69) is 0 Å². The van der Waals surface area contributed by atoms with E-state index in [0.29, 0.717) is 23.7 Å². The average molecular weight is 495 g/mol. The first-order chi connectivity index (χ1) is 17.2. The fourth-order valence-electron chi connectivity index (χ4n) is 4.46. The molecule has 2 heterocycles. The summed E-state index contributed by atoms with van der Waals surface area (Å²) in [7, 11) is 1.45. The number of alkyl halides is 3. The van der Waals surface area contributed by atoms with Gasteiger partial charge in [0.05, 0.1) is 36.3 Å². The van der Waals surface area contributed by atoms with Crippen LogP contribution >= 0.6 is 0 Å². The van der Waals surface area contributed by atoms with E-state index in [9.17, 15) is 22.8 Å². The molecule has 0 N–H and O–H groups in total. The van der Waals surface area contributed by atoms with Gasteiger partial charge >= 0.3 is 6.18 Å². The summed E-state index contributed by atoms with van der Waals surface area (Å²) >= 11 is 0. The minimum Gasteiger partial charge on any atom is -0.493 e. The first kappa shape index (κ1) is 23.5. The number of rotatable bonds is 5. The largest absolute Gasteiger partial charge is 0.493 e. The van der Waals surface area contributed by atoms with E-state index in [0.717, 1.165) is 17.0 Å². The molecule has 1 aliphatic rings. The molecule has 3 aromatic carbocycles. The predicted molar refractivity (Wildman–Crippen MR) is 127 cm³/mol. The molecule has 1 aliphatic heterocycles. The van der Waals surface area contributed by atoms with E-state index < -0.39 is 29.1 Å². The van der Waals surface area contributed by atoms with Crippen LogP contribution in [0.15, 0.2) is 75.9 Å². The summed E-state index contributed by atoms with van der Waals surface area (Å²) in [6.45, 7) is 2.19. The van der Waals surface area contributed by atoms with Gasteiger partial charge in [-0.3, -0.25) is 14.5 Å². The van der Waals surface area contributed by atoms with Gasteiger partial charge in [-0.2, -0.15) is 13.2 Å². The molecule has 5 rings (SSSR count). The molecule has 0 unspecified atom stereocenters. The normalized spacial score (nSPS) is 15.3. The van der Waals surface area contributed by atoms with Crippen molar-refractivity contribution in [2.75, 3.05) is 18.6 Å². The van der Waals surface area contributed by atoms with E-state index in [1.54, 1.807) is 42.5 Å². The molecule has 0 aliphatic carbocycles. The Labute approximate surface area is 203 Å². The van der Waals surface area contributed by atoms with E-state index in [1.165, 1.54) is 19.2 Å². The second kappa shape index (κ2) is 8.75. The van der Waals surface area contributed by atoms with Crippen molar-refractivity contribution in [3.8, 4) is 11.5 Å².